The maximum absolute atomic E-state index is 13.8. The molecule has 0 saturated carbocycles. The number of amides is 1. The number of hydrogen-bond acceptors (Lipinski definition) is 3. The minimum absolute atomic E-state index is 0.0174. The van der Waals surface area contributed by atoms with E-state index >= 15 is 0 Å². The predicted molar refractivity (Wildman–Crippen MR) is 83.8 cm³/mol. The SMILES string of the molecule is CCC(C)NC(=O)Cc1sc(-c2ccccc2F)nc1C. The van der Waals surface area contributed by atoms with Gasteiger partial charge in [0.15, 0.2) is 0 Å². The van der Waals surface area contributed by atoms with Gasteiger partial charge in [-0.1, -0.05) is 19.1 Å². The summed E-state index contributed by atoms with van der Waals surface area (Å²) in [7, 11) is 0. The third-order valence-electron chi connectivity index (χ3n) is 3.34. The highest BCUT2D eigenvalue weighted by molar-refractivity contribution is 7.15. The van der Waals surface area contributed by atoms with Crippen molar-refractivity contribution in [2.45, 2.75) is 39.7 Å². The zero-order valence-corrected chi connectivity index (χ0v) is 13.3. The molecule has 0 aliphatic carbocycles. The van der Waals surface area contributed by atoms with E-state index in [1.54, 1.807) is 18.2 Å². The first-order chi connectivity index (χ1) is 10.0. The number of thiazole rings is 1. The molecular weight excluding hydrogens is 287 g/mol. The van der Waals surface area contributed by atoms with Crippen molar-refractivity contribution in [1.82, 2.24) is 10.3 Å². The fourth-order valence-corrected chi connectivity index (χ4v) is 3.00. The third kappa shape index (κ3) is 3.88. The highest BCUT2D eigenvalue weighted by Crippen LogP contribution is 2.29. The Balaban J connectivity index is 2.17. The molecule has 0 spiro atoms. The molecule has 1 N–H and O–H groups in total. The first-order valence-corrected chi connectivity index (χ1v) is 7.83. The lowest BCUT2D eigenvalue weighted by Crippen LogP contribution is -2.33. The molecule has 5 heteroatoms. The maximum Gasteiger partial charge on any atom is 0.225 e. The van der Waals surface area contributed by atoms with Crippen LogP contribution in [0.4, 0.5) is 4.39 Å². The van der Waals surface area contributed by atoms with Gasteiger partial charge in [-0.25, -0.2) is 9.37 Å². The van der Waals surface area contributed by atoms with Crippen molar-refractivity contribution < 1.29 is 9.18 Å². The van der Waals surface area contributed by atoms with Gasteiger partial charge in [0, 0.05) is 16.5 Å². The Morgan fingerprint density at radius 1 is 1.43 bits per heavy atom. The summed E-state index contributed by atoms with van der Waals surface area (Å²) >= 11 is 1.38. The van der Waals surface area contributed by atoms with Crippen LogP contribution in [-0.4, -0.2) is 16.9 Å². The summed E-state index contributed by atoms with van der Waals surface area (Å²) < 4.78 is 13.8. The van der Waals surface area contributed by atoms with Gasteiger partial charge >= 0.3 is 0 Å². The van der Waals surface area contributed by atoms with Gasteiger partial charge in [-0.05, 0) is 32.4 Å². The van der Waals surface area contributed by atoms with Gasteiger partial charge < -0.3 is 5.32 Å². The van der Waals surface area contributed by atoms with Crippen LogP contribution in [0, 0.1) is 12.7 Å². The van der Waals surface area contributed by atoms with Crippen molar-refractivity contribution >= 4 is 17.2 Å². The molecule has 1 heterocycles. The summed E-state index contributed by atoms with van der Waals surface area (Å²) in [5, 5.41) is 3.55. The normalized spacial score (nSPS) is 12.2. The molecule has 1 atom stereocenters. The zero-order chi connectivity index (χ0) is 15.4. The summed E-state index contributed by atoms with van der Waals surface area (Å²) in [6.07, 6.45) is 1.19. The fraction of sp³-hybridized carbons (Fsp3) is 0.375. The molecule has 0 saturated heterocycles. The molecule has 1 amide bonds. The van der Waals surface area contributed by atoms with Gasteiger partial charge in [-0.15, -0.1) is 11.3 Å². The molecule has 1 aromatic carbocycles. The van der Waals surface area contributed by atoms with E-state index in [0.717, 1.165) is 17.0 Å². The Morgan fingerprint density at radius 2 is 2.14 bits per heavy atom. The highest BCUT2D eigenvalue weighted by atomic mass is 32.1. The lowest BCUT2D eigenvalue weighted by atomic mass is 10.2. The number of halogens is 1. The molecule has 3 nitrogen and oxygen atoms in total. The molecule has 1 aromatic heterocycles. The number of aryl methyl sites for hydroxylation is 1. The number of nitrogens with one attached hydrogen (secondary N) is 1. The number of carbonyl (C=O) groups excluding carboxylic acids is 1. The second-order valence-corrected chi connectivity index (χ2v) is 6.14. The van der Waals surface area contributed by atoms with Crippen molar-refractivity contribution in [3.63, 3.8) is 0 Å². The Bertz CT molecular complexity index is 639. The first kappa shape index (κ1) is 15.6. The third-order valence-corrected chi connectivity index (χ3v) is 4.53. The Labute approximate surface area is 128 Å². The van der Waals surface area contributed by atoms with E-state index in [0.29, 0.717) is 17.0 Å². The van der Waals surface area contributed by atoms with Crippen LogP contribution in [0.25, 0.3) is 10.6 Å². The van der Waals surface area contributed by atoms with E-state index in [1.807, 2.05) is 20.8 Å². The van der Waals surface area contributed by atoms with Crippen molar-refractivity contribution in [2.75, 3.05) is 0 Å². The molecule has 0 fully saturated rings. The van der Waals surface area contributed by atoms with Crippen LogP contribution in [0.2, 0.25) is 0 Å². The minimum Gasteiger partial charge on any atom is -0.353 e. The van der Waals surface area contributed by atoms with Gasteiger partial charge in [-0.3, -0.25) is 4.79 Å². The van der Waals surface area contributed by atoms with Crippen LogP contribution in [0.15, 0.2) is 24.3 Å². The van der Waals surface area contributed by atoms with E-state index < -0.39 is 0 Å². The van der Waals surface area contributed by atoms with Crippen molar-refractivity contribution in [3.05, 3.63) is 40.7 Å². The van der Waals surface area contributed by atoms with Crippen LogP contribution in [0.5, 0.6) is 0 Å². The quantitative estimate of drug-likeness (QED) is 0.915. The molecule has 2 aromatic rings. The molecule has 0 radical (unpaired) electrons. The summed E-state index contributed by atoms with van der Waals surface area (Å²) in [6.45, 7) is 5.86. The summed E-state index contributed by atoms with van der Waals surface area (Å²) in [5.41, 5.74) is 1.27. The van der Waals surface area contributed by atoms with Crippen molar-refractivity contribution in [1.29, 1.82) is 0 Å². The monoisotopic (exact) mass is 306 g/mol. The largest absolute Gasteiger partial charge is 0.353 e. The highest BCUT2D eigenvalue weighted by Gasteiger charge is 2.15. The second kappa shape index (κ2) is 6.80. The first-order valence-electron chi connectivity index (χ1n) is 7.01. The van der Waals surface area contributed by atoms with Crippen LogP contribution >= 0.6 is 11.3 Å². The Hall–Kier alpha value is -1.75. The molecule has 112 valence electrons. The predicted octanol–water partition coefficient (Wildman–Crippen LogP) is 3.71. The Morgan fingerprint density at radius 3 is 2.81 bits per heavy atom. The van der Waals surface area contributed by atoms with Crippen LogP contribution in [0.3, 0.4) is 0 Å². The van der Waals surface area contributed by atoms with Crippen LogP contribution in [0.1, 0.15) is 30.8 Å². The Kier molecular flexibility index (Phi) is 5.07. The fourth-order valence-electron chi connectivity index (χ4n) is 1.92. The van der Waals surface area contributed by atoms with Gasteiger partial charge in [0.05, 0.1) is 12.1 Å². The van der Waals surface area contributed by atoms with Crippen LogP contribution < -0.4 is 5.32 Å². The molecule has 21 heavy (non-hydrogen) atoms. The average Bonchev–Trinajstić information content (AvgIpc) is 2.80. The number of nitrogens with zero attached hydrogens (tertiary/aromatic N) is 1. The number of hydrogen-bond donors (Lipinski definition) is 1. The molecule has 2 rings (SSSR count). The molecule has 0 aliphatic rings. The van der Waals surface area contributed by atoms with E-state index in [9.17, 15) is 9.18 Å². The summed E-state index contributed by atoms with van der Waals surface area (Å²) in [6, 6.07) is 6.72. The smallest absolute Gasteiger partial charge is 0.225 e. The molecule has 0 aliphatic heterocycles. The van der Waals surface area contributed by atoms with E-state index in [-0.39, 0.29) is 17.8 Å². The average molecular weight is 306 g/mol. The lowest BCUT2D eigenvalue weighted by Gasteiger charge is -2.10. The number of aromatic nitrogens is 1. The number of benzene rings is 1. The molecule has 0 bridgehead atoms. The van der Waals surface area contributed by atoms with Crippen molar-refractivity contribution in [3.8, 4) is 10.6 Å². The van der Waals surface area contributed by atoms with E-state index in [4.69, 9.17) is 0 Å². The summed E-state index contributed by atoms with van der Waals surface area (Å²) in [5.74, 6) is -0.307. The second-order valence-electron chi connectivity index (χ2n) is 5.06. The van der Waals surface area contributed by atoms with E-state index in [2.05, 4.69) is 10.3 Å². The number of rotatable bonds is 5. The summed E-state index contributed by atoms with van der Waals surface area (Å²) in [4.78, 5) is 17.2. The number of carbonyl (C=O) groups is 1. The standard InChI is InChI=1S/C16H19FN2OS/c1-4-10(2)18-15(20)9-14-11(3)19-16(21-14)12-7-5-6-8-13(12)17/h5-8,10H,4,9H2,1-3H3,(H,18,20). The minimum atomic E-state index is -0.290. The molecule has 1 unspecified atom stereocenters. The van der Waals surface area contributed by atoms with E-state index in [1.165, 1.54) is 17.4 Å². The van der Waals surface area contributed by atoms with Crippen LogP contribution in [-0.2, 0) is 11.2 Å². The maximum atomic E-state index is 13.8. The molecular formula is C16H19FN2OS. The van der Waals surface area contributed by atoms with Gasteiger partial charge in [0.1, 0.15) is 10.8 Å². The lowest BCUT2D eigenvalue weighted by molar-refractivity contribution is -0.121. The van der Waals surface area contributed by atoms with Gasteiger partial charge in [-0.2, -0.15) is 0 Å². The van der Waals surface area contributed by atoms with Gasteiger partial charge in [0.25, 0.3) is 0 Å². The topological polar surface area (TPSA) is 42.0 Å². The zero-order valence-electron chi connectivity index (χ0n) is 12.4. The van der Waals surface area contributed by atoms with Gasteiger partial charge in [0.2, 0.25) is 5.91 Å². The van der Waals surface area contributed by atoms with Crippen molar-refractivity contribution in [2.24, 2.45) is 0 Å².